The van der Waals surface area contributed by atoms with Gasteiger partial charge in [-0.3, -0.25) is 14.7 Å². The minimum absolute atomic E-state index is 0.174. The predicted octanol–water partition coefficient (Wildman–Crippen LogP) is 1.14. The number of carbonyl (C=O) groups excluding carboxylic acids is 2. The summed E-state index contributed by atoms with van der Waals surface area (Å²) in [5.74, 6) is -0.375. The SMILES string of the molecule is Cc1[nH]ncc1CNC1CC(=O)N(c2ccccc2)C1=O. The Hall–Kier alpha value is -2.47. The topological polar surface area (TPSA) is 78.1 Å². The molecule has 1 aliphatic rings. The van der Waals surface area contributed by atoms with Gasteiger partial charge in [-0.2, -0.15) is 5.10 Å². The first-order valence-corrected chi connectivity index (χ1v) is 6.81. The number of aromatic nitrogens is 2. The number of nitrogens with one attached hydrogen (secondary N) is 2. The van der Waals surface area contributed by atoms with Crippen LogP contribution in [0.25, 0.3) is 0 Å². The highest BCUT2D eigenvalue weighted by molar-refractivity contribution is 6.22. The van der Waals surface area contributed by atoms with Crippen LogP contribution in [0.2, 0.25) is 0 Å². The van der Waals surface area contributed by atoms with Crippen LogP contribution in [0.3, 0.4) is 0 Å². The second-order valence-corrected chi connectivity index (χ2v) is 5.06. The summed E-state index contributed by atoms with van der Waals surface area (Å²) in [6, 6.07) is 8.52. The van der Waals surface area contributed by atoms with Crippen molar-refractivity contribution < 1.29 is 9.59 Å². The molecule has 1 aliphatic heterocycles. The summed E-state index contributed by atoms with van der Waals surface area (Å²) < 4.78 is 0. The lowest BCUT2D eigenvalue weighted by Gasteiger charge is -2.15. The van der Waals surface area contributed by atoms with Crippen molar-refractivity contribution in [2.24, 2.45) is 0 Å². The van der Waals surface area contributed by atoms with Crippen molar-refractivity contribution in [1.29, 1.82) is 0 Å². The van der Waals surface area contributed by atoms with E-state index in [1.807, 2.05) is 25.1 Å². The maximum absolute atomic E-state index is 12.4. The summed E-state index contributed by atoms with van der Waals surface area (Å²) in [7, 11) is 0. The van der Waals surface area contributed by atoms with Crippen molar-refractivity contribution in [3.63, 3.8) is 0 Å². The zero-order chi connectivity index (χ0) is 14.8. The molecule has 0 bridgehead atoms. The van der Waals surface area contributed by atoms with Crippen LogP contribution in [0.4, 0.5) is 5.69 Å². The first-order chi connectivity index (χ1) is 10.2. The average Bonchev–Trinajstić information content (AvgIpc) is 3.01. The van der Waals surface area contributed by atoms with E-state index in [9.17, 15) is 9.59 Å². The fraction of sp³-hybridized carbons (Fsp3) is 0.267. The Morgan fingerprint density at radius 2 is 2.10 bits per heavy atom. The number of aromatic amines is 1. The monoisotopic (exact) mass is 284 g/mol. The normalized spacial score (nSPS) is 18.5. The number of hydrogen-bond acceptors (Lipinski definition) is 4. The van der Waals surface area contributed by atoms with Crippen molar-refractivity contribution in [2.45, 2.75) is 25.9 Å². The molecular formula is C15H16N4O2. The van der Waals surface area contributed by atoms with Gasteiger partial charge in [0, 0.05) is 17.8 Å². The van der Waals surface area contributed by atoms with Crippen molar-refractivity contribution in [1.82, 2.24) is 15.5 Å². The lowest BCUT2D eigenvalue weighted by atomic mass is 10.2. The Balaban J connectivity index is 1.71. The van der Waals surface area contributed by atoms with Crippen molar-refractivity contribution in [2.75, 3.05) is 4.90 Å². The standard InChI is InChI=1S/C15H16N4O2/c1-10-11(9-17-18-10)8-16-13-7-14(20)19(15(13)21)12-5-3-2-4-6-12/h2-6,9,13,16H,7-8H2,1H3,(H,17,18). The third kappa shape index (κ3) is 2.57. The molecule has 0 spiro atoms. The molecule has 2 heterocycles. The van der Waals surface area contributed by atoms with Gasteiger partial charge in [0.05, 0.1) is 24.3 Å². The number of nitrogens with zero attached hydrogens (tertiary/aromatic N) is 2. The molecule has 2 aromatic rings. The van der Waals surface area contributed by atoms with Crippen LogP contribution in [-0.4, -0.2) is 28.1 Å². The number of aryl methyl sites for hydroxylation is 1. The highest BCUT2D eigenvalue weighted by Crippen LogP contribution is 2.22. The molecule has 1 aromatic heterocycles. The van der Waals surface area contributed by atoms with Crippen molar-refractivity contribution in [3.8, 4) is 0 Å². The van der Waals surface area contributed by atoms with Crippen LogP contribution < -0.4 is 10.2 Å². The number of amides is 2. The molecule has 21 heavy (non-hydrogen) atoms. The molecule has 1 fully saturated rings. The van der Waals surface area contributed by atoms with Gasteiger partial charge >= 0.3 is 0 Å². The Kier molecular flexibility index (Phi) is 3.53. The minimum Gasteiger partial charge on any atom is -0.301 e. The second-order valence-electron chi connectivity index (χ2n) is 5.06. The van der Waals surface area contributed by atoms with E-state index in [-0.39, 0.29) is 18.2 Å². The van der Waals surface area contributed by atoms with E-state index >= 15 is 0 Å². The second kappa shape index (κ2) is 5.49. The van der Waals surface area contributed by atoms with Gasteiger partial charge in [0.2, 0.25) is 5.91 Å². The van der Waals surface area contributed by atoms with Crippen LogP contribution >= 0.6 is 0 Å². The third-order valence-corrected chi connectivity index (χ3v) is 3.63. The summed E-state index contributed by atoms with van der Waals surface area (Å²) in [5, 5.41) is 9.92. The molecule has 0 radical (unpaired) electrons. The Bertz CT molecular complexity index is 665. The molecule has 1 atom stereocenters. The van der Waals surface area contributed by atoms with E-state index in [1.54, 1.807) is 18.3 Å². The number of rotatable bonds is 4. The predicted molar refractivity (Wildman–Crippen MR) is 77.5 cm³/mol. The van der Waals surface area contributed by atoms with Gasteiger partial charge in [0.15, 0.2) is 0 Å². The molecule has 1 saturated heterocycles. The fourth-order valence-corrected chi connectivity index (χ4v) is 2.43. The van der Waals surface area contributed by atoms with Crippen molar-refractivity contribution >= 4 is 17.5 Å². The highest BCUT2D eigenvalue weighted by atomic mass is 16.2. The molecule has 2 N–H and O–H groups in total. The van der Waals surface area contributed by atoms with Gasteiger partial charge in [0.1, 0.15) is 0 Å². The van der Waals surface area contributed by atoms with Crippen LogP contribution in [0, 0.1) is 6.92 Å². The van der Waals surface area contributed by atoms with Crippen LogP contribution in [0.15, 0.2) is 36.5 Å². The molecule has 6 heteroatoms. The largest absolute Gasteiger partial charge is 0.301 e. The van der Waals surface area contributed by atoms with Gasteiger partial charge < -0.3 is 5.32 Å². The minimum atomic E-state index is -0.480. The van der Waals surface area contributed by atoms with E-state index in [4.69, 9.17) is 0 Å². The summed E-state index contributed by atoms with van der Waals surface area (Å²) in [6.45, 7) is 2.43. The van der Waals surface area contributed by atoms with E-state index in [1.165, 1.54) is 4.90 Å². The fourth-order valence-electron chi connectivity index (χ4n) is 2.43. The van der Waals surface area contributed by atoms with E-state index < -0.39 is 6.04 Å². The highest BCUT2D eigenvalue weighted by Gasteiger charge is 2.39. The Labute approximate surface area is 122 Å². The van der Waals surface area contributed by atoms with E-state index in [0.29, 0.717) is 12.2 Å². The van der Waals surface area contributed by atoms with Gasteiger partial charge in [-0.25, -0.2) is 4.90 Å². The van der Waals surface area contributed by atoms with Gasteiger partial charge in [0.25, 0.3) is 5.91 Å². The number of anilines is 1. The van der Waals surface area contributed by atoms with Crippen LogP contribution in [0.1, 0.15) is 17.7 Å². The summed E-state index contributed by atoms with van der Waals surface area (Å²) >= 11 is 0. The number of H-pyrrole nitrogens is 1. The van der Waals surface area contributed by atoms with Crippen LogP contribution in [-0.2, 0) is 16.1 Å². The maximum Gasteiger partial charge on any atom is 0.251 e. The number of imide groups is 1. The molecule has 1 aromatic carbocycles. The molecular weight excluding hydrogens is 268 g/mol. The van der Waals surface area contributed by atoms with E-state index in [2.05, 4.69) is 15.5 Å². The molecule has 6 nitrogen and oxygen atoms in total. The average molecular weight is 284 g/mol. The van der Waals surface area contributed by atoms with Crippen LogP contribution in [0.5, 0.6) is 0 Å². The lowest BCUT2D eigenvalue weighted by molar-refractivity contribution is -0.121. The number of para-hydroxylation sites is 1. The van der Waals surface area contributed by atoms with Gasteiger partial charge in [-0.1, -0.05) is 18.2 Å². The zero-order valence-electron chi connectivity index (χ0n) is 11.7. The molecule has 108 valence electrons. The molecule has 0 aliphatic carbocycles. The Morgan fingerprint density at radius 3 is 2.76 bits per heavy atom. The summed E-state index contributed by atoms with van der Waals surface area (Å²) in [6.07, 6.45) is 1.91. The summed E-state index contributed by atoms with van der Waals surface area (Å²) in [5.41, 5.74) is 2.57. The van der Waals surface area contributed by atoms with E-state index in [0.717, 1.165) is 11.3 Å². The molecule has 1 unspecified atom stereocenters. The first-order valence-electron chi connectivity index (χ1n) is 6.81. The van der Waals surface area contributed by atoms with Crippen molar-refractivity contribution in [3.05, 3.63) is 47.8 Å². The number of benzene rings is 1. The van der Waals surface area contributed by atoms with Gasteiger partial charge in [-0.05, 0) is 19.1 Å². The number of carbonyl (C=O) groups is 2. The van der Waals surface area contributed by atoms with Gasteiger partial charge in [-0.15, -0.1) is 0 Å². The first kappa shape index (κ1) is 13.5. The maximum atomic E-state index is 12.4. The lowest BCUT2D eigenvalue weighted by Crippen LogP contribution is -2.38. The zero-order valence-corrected chi connectivity index (χ0v) is 11.7. The molecule has 3 rings (SSSR count). The molecule has 2 amide bonds. The molecule has 0 saturated carbocycles. The quantitative estimate of drug-likeness (QED) is 0.825. The number of hydrogen-bond donors (Lipinski definition) is 2. The smallest absolute Gasteiger partial charge is 0.251 e. The Morgan fingerprint density at radius 1 is 1.33 bits per heavy atom. The summed E-state index contributed by atoms with van der Waals surface area (Å²) in [4.78, 5) is 25.7. The third-order valence-electron chi connectivity index (χ3n) is 3.63.